The zero-order valence-electron chi connectivity index (χ0n) is 14.7. The predicted molar refractivity (Wildman–Crippen MR) is 106 cm³/mol. The molecule has 0 fully saturated rings. The van der Waals surface area contributed by atoms with Gasteiger partial charge in [0, 0.05) is 29.8 Å². The molecule has 26 heavy (non-hydrogen) atoms. The molecule has 0 N–H and O–H groups in total. The molecule has 0 radical (unpaired) electrons. The summed E-state index contributed by atoms with van der Waals surface area (Å²) in [7, 11) is 0. The van der Waals surface area contributed by atoms with Crippen LogP contribution in [-0.2, 0) is 11.3 Å². The van der Waals surface area contributed by atoms with Gasteiger partial charge < -0.3 is 9.64 Å². The number of nitrogens with zero attached hydrogens (tertiary/aromatic N) is 1. The van der Waals surface area contributed by atoms with Crippen molar-refractivity contribution in [1.29, 1.82) is 0 Å². The Kier molecular flexibility index (Phi) is 7.88. The molecule has 0 aliphatic heterocycles. The van der Waals surface area contributed by atoms with Crippen LogP contribution in [-0.4, -0.2) is 29.7 Å². The lowest BCUT2D eigenvalue weighted by Crippen LogP contribution is -2.30. The Balaban J connectivity index is 1.91. The fourth-order valence-electron chi connectivity index (χ4n) is 2.46. The maximum Gasteiger partial charge on any atom is 0.223 e. The fourth-order valence-corrected chi connectivity index (χ4v) is 3.57. The van der Waals surface area contributed by atoms with Crippen LogP contribution in [0.5, 0.6) is 5.75 Å². The van der Waals surface area contributed by atoms with E-state index in [0.29, 0.717) is 29.6 Å². The largest absolute Gasteiger partial charge is 0.494 e. The third-order valence-corrected chi connectivity index (χ3v) is 4.95. The van der Waals surface area contributed by atoms with Crippen LogP contribution in [0.4, 0.5) is 0 Å². The minimum atomic E-state index is -0.0753. The highest BCUT2D eigenvalue weighted by Gasteiger charge is 2.16. The number of Topliss-reactive ketones (excluding diaryl/α,β-unsaturated/α-hetero) is 1. The minimum Gasteiger partial charge on any atom is -0.494 e. The van der Waals surface area contributed by atoms with Crippen molar-refractivity contribution in [1.82, 2.24) is 4.90 Å². The van der Waals surface area contributed by atoms with E-state index in [-0.39, 0.29) is 24.5 Å². The van der Waals surface area contributed by atoms with Crippen molar-refractivity contribution in [2.24, 2.45) is 0 Å². The van der Waals surface area contributed by atoms with E-state index in [2.05, 4.69) is 6.58 Å². The number of hydrogen-bond donors (Lipinski definition) is 0. The average molecular weight is 392 g/mol. The molecule has 2 aromatic rings. The van der Waals surface area contributed by atoms with Crippen LogP contribution in [0.1, 0.15) is 35.0 Å². The second kappa shape index (κ2) is 10.1. The summed E-state index contributed by atoms with van der Waals surface area (Å²) < 4.78 is 6.06. The molecule has 1 aromatic heterocycles. The van der Waals surface area contributed by atoms with Gasteiger partial charge in [-0.3, -0.25) is 9.59 Å². The Morgan fingerprint density at radius 2 is 1.92 bits per heavy atom. The third-order valence-electron chi connectivity index (χ3n) is 3.73. The maximum atomic E-state index is 12.5. The van der Waals surface area contributed by atoms with Crippen molar-refractivity contribution in [3.8, 4) is 5.75 Å². The molecule has 0 bridgehead atoms. The quantitative estimate of drug-likeness (QED) is 0.424. The van der Waals surface area contributed by atoms with Crippen molar-refractivity contribution < 1.29 is 14.3 Å². The summed E-state index contributed by atoms with van der Waals surface area (Å²) in [6.45, 7) is 7.09. The minimum absolute atomic E-state index is 0.0564. The molecular formula is C20H22ClNO3S. The molecule has 0 spiro atoms. The van der Waals surface area contributed by atoms with Crippen LogP contribution >= 0.6 is 22.9 Å². The molecule has 0 aliphatic carbocycles. The zero-order chi connectivity index (χ0) is 18.9. The van der Waals surface area contributed by atoms with Gasteiger partial charge in [0.05, 0.1) is 17.5 Å². The van der Waals surface area contributed by atoms with E-state index in [1.54, 1.807) is 35.2 Å². The average Bonchev–Trinajstić information content (AvgIpc) is 3.05. The topological polar surface area (TPSA) is 46.6 Å². The molecule has 6 heteroatoms. The van der Waals surface area contributed by atoms with Crippen LogP contribution in [0.3, 0.4) is 0 Å². The number of thiophene rings is 1. The number of carbonyl (C=O) groups excluding carboxylic acids is 2. The van der Waals surface area contributed by atoms with Gasteiger partial charge in [-0.2, -0.15) is 0 Å². The summed E-state index contributed by atoms with van der Waals surface area (Å²) in [5, 5.41) is 0. The molecule has 1 amide bonds. The molecule has 2 rings (SSSR count). The number of ether oxygens (including phenoxy) is 1. The van der Waals surface area contributed by atoms with Crippen LogP contribution in [0.15, 0.2) is 49.1 Å². The Labute approximate surface area is 163 Å². The van der Waals surface area contributed by atoms with E-state index < -0.39 is 0 Å². The highest BCUT2D eigenvalue weighted by atomic mass is 35.5. The molecule has 0 saturated carbocycles. The number of amides is 1. The summed E-state index contributed by atoms with van der Waals surface area (Å²) in [4.78, 5) is 27.5. The normalized spacial score (nSPS) is 10.4. The highest BCUT2D eigenvalue weighted by Crippen LogP contribution is 2.23. The first-order valence-electron chi connectivity index (χ1n) is 8.42. The van der Waals surface area contributed by atoms with Crippen molar-refractivity contribution in [2.75, 3.05) is 13.2 Å². The molecule has 0 saturated heterocycles. The van der Waals surface area contributed by atoms with Crippen LogP contribution < -0.4 is 4.74 Å². The molecule has 138 valence electrons. The first kappa shape index (κ1) is 20.2. The molecular weight excluding hydrogens is 370 g/mol. The lowest BCUT2D eigenvalue weighted by Gasteiger charge is -2.20. The van der Waals surface area contributed by atoms with Gasteiger partial charge in [0.25, 0.3) is 0 Å². The molecule has 0 aliphatic rings. The van der Waals surface area contributed by atoms with E-state index in [0.717, 1.165) is 10.6 Å². The number of benzene rings is 1. The lowest BCUT2D eigenvalue weighted by molar-refractivity contribution is -0.131. The van der Waals surface area contributed by atoms with Crippen molar-refractivity contribution >= 4 is 34.6 Å². The van der Waals surface area contributed by atoms with Gasteiger partial charge in [-0.25, -0.2) is 0 Å². The number of rotatable bonds is 10. The Morgan fingerprint density at radius 1 is 1.19 bits per heavy atom. The second-order valence-corrected chi connectivity index (χ2v) is 7.45. The van der Waals surface area contributed by atoms with Gasteiger partial charge in [0.15, 0.2) is 5.78 Å². The summed E-state index contributed by atoms with van der Waals surface area (Å²) in [5.41, 5.74) is 0.585. The summed E-state index contributed by atoms with van der Waals surface area (Å²) in [6, 6.07) is 10.7. The lowest BCUT2D eigenvalue weighted by atomic mass is 10.1. The van der Waals surface area contributed by atoms with E-state index >= 15 is 0 Å². The third kappa shape index (κ3) is 6.00. The smallest absolute Gasteiger partial charge is 0.223 e. The van der Waals surface area contributed by atoms with E-state index in [4.69, 9.17) is 16.3 Å². The number of carbonyl (C=O) groups is 2. The Hall–Kier alpha value is -2.11. The van der Waals surface area contributed by atoms with Gasteiger partial charge in [-0.15, -0.1) is 17.9 Å². The monoisotopic (exact) mass is 391 g/mol. The SMILES string of the molecule is C=CCN(Cc1ccc(Cl)s1)C(=O)CCC(=O)c1ccc(OCC)cc1. The van der Waals surface area contributed by atoms with Crippen molar-refractivity contribution in [2.45, 2.75) is 26.3 Å². The fraction of sp³-hybridized carbons (Fsp3) is 0.300. The predicted octanol–water partition coefficient (Wildman–Crippen LogP) is 4.98. The summed E-state index contributed by atoms with van der Waals surface area (Å²) in [6.07, 6.45) is 2.02. The Bertz CT molecular complexity index is 755. The molecule has 1 aromatic carbocycles. The van der Waals surface area contributed by atoms with Gasteiger partial charge in [-0.05, 0) is 43.3 Å². The van der Waals surface area contributed by atoms with Crippen molar-refractivity contribution in [3.05, 3.63) is 63.8 Å². The van der Waals surface area contributed by atoms with Gasteiger partial charge >= 0.3 is 0 Å². The van der Waals surface area contributed by atoms with Crippen molar-refractivity contribution in [3.63, 3.8) is 0 Å². The standard InChI is InChI=1S/C20H22ClNO3S/c1-3-13-22(14-17-9-11-19(21)26-17)20(24)12-10-18(23)15-5-7-16(8-6-15)25-4-2/h3,5-9,11H,1,4,10,12-14H2,2H3. The molecule has 0 atom stereocenters. The molecule has 4 nitrogen and oxygen atoms in total. The van der Waals surface area contributed by atoms with Gasteiger partial charge in [-0.1, -0.05) is 17.7 Å². The van der Waals surface area contributed by atoms with Crippen LogP contribution in [0.2, 0.25) is 4.34 Å². The van der Waals surface area contributed by atoms with Gasteiger partial charge in [0.2, 0.25) is 5.91 Å². The van der Waals surface area contributed by atoms with E-state index in [9.17, 15) is 9.59 Å². The van der Waals surface area contributed by atoms with Crippen LogP contribution in [0.25, 0.3) is 0 Å². The number of halogens is 1. The maximum absolute atomic E-state index is 12.5. The Morgan fingerprint density at radius 3 is 2.50 bits per heavy atom. The zero-order valence-corrected chi connectivity index (χ0v) is 16.3. The molecule has 1 heterocycles. The van der Waals surface area contributed by atoms with E-state index in [1.165, 1.54) is 11.3 Å². The van der Waals surface area contributed by atoms with Crippen LogP contribution in [0, 0.1) is 0 Å². The van der Waals surface area contributed by atoms with E-state index in [1.807, 2.05) is 19.1 Å². The second-order valence-electron chi connectivity index (χ2n) is 5.65. The first-order chi connectivity index (χ1) is 12.5. The first-order valence-corrected chi connectivity index (χ1v) is 9.62. The van der Waals surface area contributed by atoms with Gasteiger partial charge in [0.1, 0.15) is 5.75 Å². The summed E-state index contributed by atoms with van der Waals surface area (Å²) >= 11 is 7.39. The summed E-state index contributed by atoms with van der Waals surface area (Å²) in [5.74, 6) is 0.597. The highest BCUT2D eigenvalue weighted by molar-refractivity contribution is 7.16. The molecule has 0 unspecified atom stereocenters. The number of ketones is 1. The number of hydrogen-bond acceptors (Lipinski definition) is 4.